The van der Waals surface area contributed by atoms with E-state index in [9.17, 15) is 10.2 Å². The highest BCUT2D eigenvalue weighted by Crippen LogP contribution is 2.19. The molecule has 4 N–H and O–H groups in total. The van der Waals surface area contributed by atoms with Crippen molar-refractivity contribution in [2.45, 2.75) is 12.2 Å². The highest BCUT2D eigenvalue weighted by Gasteiger charge is 2.10. The van der Waals surface area contributed by atoms with E-state index in [1.165, 1.54) is 0 Å². The van der Waals surface area contributed by atoms with Crippen LogP contribution in [-0.2, 0) is 0 Å². The van der Waals surface area contributed by atoms with Crippen LogP contribution in [0.25, 0.3) is 0 Å². The predicted molar refractivity (Wildman–Crippen MR) is 115 cm³/mol. The first-order valence-corrected chi connectivity index (χ1v) is 9.53. The van der Waals surface area contributed by atoms with Crippen molar-refractivity contribution in [2.75, 3.05) is 37.9 Å². The molecule has 8 nitrogen and oxygen atoms in total. The Balaban J connectivity index is 1.46. The number of aliphatic hydroxyl groups is 2. The molecule has 0 saturated carbocycles. The first kappa shape index (κ1) is 21.4. The van der Waals surface area contributed by atoms with E-state index in [0.29, 0.717) is 24.7 Å². The number of rotatable bonds is 10. The largest absolute Gasteiger partial charge is 0.497 e. The van der Waals surface area contributed by atoms with Crippen molar-refractivity contribution in [3.05, 3.63) is 72.1 Å². The van der Waals surface area contributed by atoms with Crippen molar-refractivity contribution >= 4 is 11.6 Å². The number of hydrogen-bond donors (Lipinski definition) is 4. The Morgan fingerprint density at radius 3 is 1.37 bits per heavy atom. The fraction of sp³-hybridized carbons (Fsp3) is 0.273. The van der Waals surface area contributed by atoms with Gasteiger partial charge in [0.2, 0.25) is 0 Å². The van der Waals surface area contributed by atoms with Gasteiger partial charge in [-0.05, 0) is 35.4 Å². The van der Waals surface area contributed by atoms with Crippen molar-refractivity contribution in [1.29, 1.82) is 0 Å². The van der Waals surface area contributed by atoms with E-state index < -0.39 is 12.2 Å². The van der Waals surface area contributed by atoms with Crippen molar-refractivity contribution in [3.8, 4) is 11.5 Å². The highest BCUT2D eigenvalue weighted by atomic mass is 16.5. The smallest absolute Gasteiger partial charge is 0.144 e. The molecule has 30 heavy (non-hydrogen) atoms. The molecule has 1 heterocycles. The summed E-state index contributed by atoms with van der Waals surface area (Å²) in [5, 5.41) is 26.7. The third kappa shape index (κ3) is 5.82. The molecule has 2 unspecified atom stereocenters. The number of nitrogens with one attached hydrogen (secondary N) is 2. The normalized spacial score (nSPS) is 12.7. The van der Waals surface area contributed by atoms with Gasteiger partial charge in [-0.2, -0.15) is 0 Å². The van der Waals surface area contributed by atoms with Crippen LogP contribution in [0.4, 0.5) is 11.6 Å². The van der Waals surface area contributed by atoms with Gasteiger partial charge in [0.05, 0.1) is 38.8 Å². The molecule has 0 aliphatic carbocycles. The van der Waals surface area contributed by atoms with Gasteiger partial charge in [0, 0.05) is 13.1 Å². The zero-order valence-electron chi connectivity index (χ0n) is 16.9. The quantitative estimate of drug-likeness (QED) is 0.404. The molecule has 3 rings (SSSR count). The van der Waals surface area contributed by atoms with Gasteiger partial charge in [0.15, 0.2) is 0 Å². The molecule has 1 aromatic heterocycles. The van der Waals surface area contributed by atoms with E-state index in [1.807, 2.05) is 24.3 Å². The lowest BCUT2D eigenvalue weighted by atomic mass is 10.1. The van der Waals surface area contributed by atoms with Crippen LogP contribution >= 0.6 is 0 Å². The number of anilines is 2. The minimum absolute atomic E-state index is 0.296. The number of methoxy groups -OCH3 is 2. The molecule has 0 spiro atoms. The molecule has 0 aliphatic heterocycles. The zero-order valence-corrected chi connectivity index (χ0v) is 16.9. The van der Waals surface area contributed by atoms with E-state index in [2.05, 4.69) is 20.6 Å². The number of nitrogens with zero attached hydrogens (tertiary/aromatic N) is 2. The van der Waals surface area contributed by atoms with E-state index in [-0.39, 0.29) is 0 Å². The Hall–Kier alpha value is -3.36. The van der Waals surface area contributed by atoms with E-state index in [4.69, 9.17) is 9.47 Å². The average molecular weight is 410 g/mol. The standard InChI is InChI=1S/C22H26N4O4/c1-29-17-7-3-15(4-8-17)19(27)11-23-21-13-26-22(14-25-21)24-12-20(28)16-5-9-18(30-2)10-6-16/h3-10,13-14,19-20,27-28H,11-12H2,1-2H3,(H,23,25)(H,24,26). The van der Waals surface area contributed by atoms with E-state index in [0.717, 1.165) is 22.6 Å². The van der Waals surface area contributed by atoms with Crippen molar-refractivity contribution in [1.82, 2.24) is 9.97 Å². The fourth-order valence-electron chi connectivity index (χ4n) is 2.80. The molecule has 2 aromatic carbocycles. The SMILES string of the molecule is COc1ccc(C(O)CNc2cnc(NCC(O)c3ccc(OC)cc3)cn2)cc1. The maximum atomic E-state index is 10.3. The van der Waals surface area contributed by atoms with Crippen LogP contribution in [0.3, 0.4) is 0 Å². The lowest BCUT2D eigenvalue weighted by Gasteiger charge is -2.14. The van der Waals surface area contributed by atoms with E-state index >= 15 is 0 Å². The summed E-state index contributed by atoms with van der Waals surface area (Å²) >= 11 is 0. The second-order valence-corrected chi connectivity index (χ2v) is 6.63. The molecule has 0 amide bonds. The first-order valence-electron chi connectivity index (χ1n) is 9.53. The van der Waals surface area contributed by atoms with Crippen LogP contribution in [-0.4, -0.2) is 47.5 Å². The van der Waals surface area contributed by atoms with Gasteiger partial charge in [-0.3, -0.25) is 0 Å². The fourth-order valence-corrected chi connectivity index (χ4v) is 2.80. The Labute approximate surface area is 175 Å². The Kier molecular flexibility index (Phi) is 7.42. The second kappa shape index (κ2) is 10.4. The molecule has 2 atom stereocenters. The maximum Gasteiger partial charge on any atom is 0.144 e. The van der Waals surface area contributed by atoms with Crippen LogP contribution < -0.4 is 20.1 Å². The molecule has 0 bridgehead atoms. The highest BCUT2D eigenvalue weighted by molar-refractivity contribution is 5.40. The predicted octanol–water partition coefficient (Wildman–Crippen LogP) is 2.78. The van der Waals surface area contributed by atoms with Gasteiger partial charge in [-0.1, -0.05) is 24.3 Å². The Morgan fingerprint density at radius 2 is 1.07 bits per heavy atom. The summed E-state index contributed by atoms with van der Waals surface area (Å²) in [6, 6.07) is 14.5. The molecule has 8 heteroatoms. The van der Waals surface area contributed by atoms with Gasteiger partial charge in [-0.15, -0.1) is 0 Å². The summed E-state index contributed by atoms with van der Waals surface area (Å²) in [5.74, 6) is 2.57. The van der Waals surface area contributed by atoms with Gasteiger partial charge >= 0.3 is 0 Å². The number of aromatic nitrogens is 2. The molecule has 158 valence electrons. The van der Waals surface area contributed by atoms with Gasteiger partial charge in [0.1, 0.15) is 23.1 Å². The monoisotopic (exact) mass is 410 g/mol. The summed E-state index contributed by atoms with van der Waals surface area (Å²) in [7, 11) is 3.20. The van der Waals surface area contributed by atoms with Gasteiger partial charge in [0.25, 0.3) is 0 Å². The molecule has 0 radical (unpaired) electrons. The number of benzene rings is 2. The van der Waals surface area contributed by atoms with Gasteiger partial charge < -0.3 is 30.3 Å². The molecule has 0 fully saturated rings. The summed E-state index contributed by atoms with van der Waals surface area (Å²) in [6.07, 6.45) is 1.77. The second-order valence-electron chi connectivity index (χ2n) is 6.63. The molecule has 0 aliphatic rings. The minimum atomic E-state index is -0.685. The topological polar surface area (TPSA) is 109 Å². The summed E-state index contributed by atoms with van der Waals surface area (Å²) in [5.41, 5.74) is 1.56. The van der Waals surface area contributed by atoms with E-state index in [1.54, 1.807) is 50.9 Å². The molecular weight excluding hydrogens is 384 g/mol. The van der Waals surface area contributed by atoms with Crippen molar-refractivity contribution < 1.29 is 19.7 Å². The average Bonchev–Trinajstić information content (AvgIpc) is 2.81. The van der Waals surface area contributed by atoms with Crippen LogP contribution in [0.5, 0.6) is 11.5 Å². The van der Waals surface area contributed by atoms with Crippen molar-refractivity contribution in [2.24, 2.45) is 0 Å². The Morgan fingerprint density at radius 1 is 0.700 bits per heavy atom. The maximum absolute atomic E-state index is 10.3. The molecule has 0 saturated heterocycles. The number of ether oxygens (including phenoxy) is 2. The molecule has 3 aromatic rings. The summed E-state index contributed by atoms with van der Waals surface area (Å²) in [6.45, 7) is 0.591. The van der Waals surface area contributed by atoms with Crippen molar-refractivity contribution in [3.63, 3.8) is 0 Å². The third-order valence-corrected chi connectivity index (χ3v) is 4.61. The first-order chi connectivity index (χ1) is 14.6. The third-order valence-electron chi connectivity index (χ3n) is 4.61. The molecular formula is C22H26N4O4. The van der Waals surface area contributed by atoms with Crippen LogP contribution in [0.2, 0.25) is 0 Å². The van der Waals surface area contributed by atoms with Gasteiger partial charge in [-0.25, -0.2) is 9.97 Å². The number of aliphatic hydroxyl groups excluding tert-OH is 2. The number of hydrogen-bond acceptors (Lipinski definition) is 8. The van der Waals surface area contributed by atoms with Crippen LogP contribution in [0, 0.1) is 0 Å². The lowest BCUT2D eigenvalue weighted by molar-refractivity contribution is 0.191. The minimum Gasteiger partial charge on any atom is -0.497 e. The summed E-state index contributed by atoms with van der Waals surface area (Å²) in [4.78, 5) is 8.56. The lowest BCUT2D eigenvalue weighted by Crippen LogP contribution is -2.15. The zero-order chi connectivity index (χ0) is 21.3. The summed E-state index contributed by atoms with van der Waals surface area (Å²) < 4.78 is 10.2. The Bertz CT molecular complexity index is 825. The van der Waals surface area contributed by atoms with Crippen LogP contribution in [0.1, 0.15) is 23.3 Å². The van der Waals surface area contributed by atoms with Crippen LogP contribution in [0.15, 0.2) is 60.9 Å².